The number of hydrogen-bond donors (Lipinski definition) is 2. The highest BCUT2D eigenvalue weighted by Gasteiger charge is 2.34. The van der Waals surface area contributed by atoms with Gasteiger partial charge in [0.2, 0.25) is 11.8 Å². The van der Waals surface area contributed by atoms with Gasteiger partial charge in [0.05, 0.1) is 0 Å². The van der Waals surface area contributed by atoms with Crippen LogP contribution in [0.2, 0.25) is 0 Å². The van der Waals surface area contributed by atoms with E-state index in [-0.39, 0.29) is 23.8 Å². The molecule has 0 bridgehead atoms. The summed E-state index contributed by atoms with van der Waals surface area (Å²) in [7, 11) is 0. The van der Waals surface area contributed by atoms with Crippen LogP contribution >= 0.6 is 0 Å². The molecule has 1 heterocycles. The second-order valence-electron chi connectivity index (χ2n) is 8.98. The molecule has 2 N–H and O–H groups in total. The van der Waals surface area contributed by atoms with Gasteiger partial charge in [-0.05, 0) is 68.4 Å². The van der Waals surface area contributed by atoms with Gasteiger partial charge in [-0.25, -0.2) is 4.39 Å². The second kappa shape index (κ2) is 12.3. The van der Waals surface area contributed by atoms with Gasteiger partial charge in [0.1, 0.15) is 11.9 Å². The fourth-order valence-corrected chi connectivity index (χ4v) is 4.19. The standard InChI is InChI=1S/C27H34FN3O3/c1-3-19(2)29-27(34)25(30-26(33)22-10-12-23(28)13-11-22)21-15-17-31(18-16-21)24(32)14-9-20-7-5-4-6-8-20/h4-8,10-13,19,21,25H,3,9,14-18H2,1-2H3,(H,29,34)(H,30,33)/t19-,25+/m1/s1. The Morgan fingerprint density at radius 1 is 1.00 bits per heavy atom. The van der Waals surface area contributed by atoms with Crippen molar-refractivity contribution in [1.82, 2.24) is 15.5 Å². The first-order valence-electron chi connectivity index (χ1n) is 12.1. The van der Waals surface area contributed by atoms with E-state index in [1.807, 2.05) is 49.1 Å². The first kappa shape index (κ1) is 25.4. The topological polar surface area (TPSA) is 78.5 Å². The van der Waals surface area contributed by atoms with Crippen molar-refractivity contribution in [3.8, 4) is 0 Å². The maximum absolute atomic E-state index is 13.2. The van der Waals surface area contributed by atoms with Crippen molar-refractivity contribution in [2.75, 3.05) is 13.1 Å². The van der Waals surface area contributed by atoms with Gasteiger partial charge in [0.25, 0.3) is 5.91 Å². The highest BCUT2D eigenvalue weighted by atomic mass is 19.1. The van der Waals surface area contributed by atoms with Crippen LogP contribution in [0.5, 0.6) is 0 Å². The summed E-state index contributed by atoms with van der Waals surface area (Å²) in [5.41, 5.74) is 1.44. The van der Waals surface area contributed by atoms with Crippen LogP contribution in [0.15, 0.2) is 54.6 Å². The Morgan fingerprint density at radius 2 is 1.65 bits per heavy atom. The lowest BCUT2D eigenvalue weighted by atomic mass is 9.88. The Balaban J connectivity index is 1.61. The molecule has 3 rings (SSSR count). The number of amides is 3. The molecule has 1 aliphatic rings. The molecule has 0 radical (unpaired) electrons. The Hall–Kier alpha value is -3.22. The van der Waals surface area contributed by atoms with Crippen molar-refractivity contribution in [2.24, 2.45) is 5.92 Å². The van der Waals surface area contributed by atoms with Crippen molar-refractivity contribution in [3.05, 3.63) is 71.5 Å². The van der Waals surface area contributed by atoms with Crippen LogP contribution in [0.4, 0.5) is 4.39 Å². The lowest BCUT2D eigenvalue weighted by Crippen LogP contribution is -2.55. The van der Waals surface area contributed by atoms with Crippen LogP contribution in [0, 0.1) is 11.7 Å². The van der Waals surface area contributed by atoms with Crippen LogP contribution in [0.25, 0.3) is 0 Å². The van der Waals surface area contributed by atoms with Gasteiger partial charge in [0, 0.05) is 31.1 Å². The summed E-state index contributed by atoms with van der Waals surface area (Å²) in [6.07, 6.45) is 3.18. The molecule has 2 aromatic carbocycles. The first-order valence-corrected chi connectivity index (χ1v) is 12.1. The highest BCUT2D eigenvalue weighted by Crippen LogP contribution is 2.23. The van der Waals surface area contributed by atoms with Crippen molar-refractivity contribution in [3.63, 3.8) is 0 Å². The van der Waals surface area contributed by atoms with E-state index in [9.17, 15) is 18.8 Å². The van der Waals surface area contributed by atoms with Gasteiger partial charge in [-0.1, -0.05) is 37.3 Å². The van der Waals surface area contributed by atoms with Gasteiger partial charge >= 0.3 is 0 Å². The quantitative estimate of drug-likeness (QED) is 0.590. The minimum atomic E-state index is -0.715. The zero-order valence-electron chi connectivity index (χ0n) is 19.9. The third-order valence-corrected chi connectivity index (χ3v) is 6.51. The van der Waals surface area contributed by atoms with E-state index in [1.165, 1.54) is 24.3 Å². The summed E-state index contributed by atoms with van der Waals surface area (Å²) in [6, 6.07) is 14.5. The van der Waals surface area contributed by atoms with E-state index in [1.54, 1.807) is 0 Å². The molecule has 0 unspecified atom stereocenters. The second-order valence-corrected chi connectivity index (χ2v) is 8.98. The van der Waals surface area contributed by atoms with Crippen molar-refractivity contribution < 1.29 is 18.8 Å². The molecule has 3 amide bonds. The van der Waals surface area contributed by atoms with E-state index >= 15 is 0 Å². The molecule has 2 aromatic rings. The number of rotatable bonds is 9. The fourth-order valence-electron chi connectivity index (χ4n) is 4.19. The smallest absolute Gasteiger partial charge is 0.251 e. The van der Waals surface area contributed by atoms with E-state index in [2.05, 4.69) is 10.6 Å². The predicted molar refractivity (Wildman–Crippen MR) is 130 cm³/mol. The summed E-state index contributed by atoms with van der Waals surface area (Å²) >= 11 is 0. The normalized spacial score (nSPS) is 15.9. The fraction of sp³-hybridized carbons (Fsp3) is 0.444. The van der Waals surface area contributed by atoms with Crippen LogP contribution in [-0.4, -0.2) is 47.8 Å². The van der Waals surface area contributed by atoms with Gasteiger partial charge in [0.15, 0.2) is 0 Å². The minimum absolute atomic E-state index is 0.0163. The maximum Gasteiger partial charge on any atom is 0.251 e. The molecular formula is C27H34FN3O3. The molecule has 0 saturated carbocycles. The molecule has 0 aromatic heterocycles. The van der Waals surface area contributed by atoms with Gasteiger partial charge in [-0.3, -0.25) is 14.4 Å². The van der Waals surface area contributed by atoms with E-state index in [4.69, 9.17) is 0 Å². The Bertz CT molecular complexity index is 957. The Morgan fingerprint density at radius 3 is 2.26 bits per heavy atom. The van der Waals surface area contributed by atoms with Gasteiger partial charge in [-0.2, -0.15) is 0 Å². The van der Waals surface area contributed by atoms with Crippen LogP contribution in [0.1, 0.15) is 55.5 Å². The van der Waals surface area contributed by atoms with Crippen molar-refractivity contribution in [1.29, 1.82) is 0 Å². The van der Waals surface area contributed by atoms with Crippen LogP contribution in [0.3, 0.4) is 0 Å². The molecule has 6 nitrogen and oxygen atoms in total. The molecule has 2 atom stereocenters. The number of nitrogens with zero attached hydrogens (tertiary/aromatic N) is 1. The maximum atomic E-state index is 13.2. The predicted octanol–water partition coefficient (Wildman–Crippen LogP) is 3.71. The largest absolute Gasteiger partial charge is 0.352 e. The highest BCUT2D eigenvalue weighted by molar-refractivity contribution is 5.97. The number of carbonyl (C=O) groups is 3. The number of halogens is 1. The summed E-state index contributed by atoms with van der Waals surface area (Å²) in [5.74, 6) is -1.04. The lowest BCUT2D eigenvalue weighted by molar-refractivity contribution is -0.133. The molecule has 182 valence electrons. The minimum Gasteiger partial charge on any atom is -0.352 e. The number of aryl methyl sites for hydroxylation is 1. The molecular weight excluding hydrogens is 433 g/mol. The third kappa shape index (κ3) is 7.14. The van der Waals surface area contributed by atoms with Crippen LogP contribution in [-0.2, 0) is 16.0 Å². The number of carbonyl (C=O) groups excluding carboxylic acids is 3. The summed E-state index contributed by atoms with van der Waals surface area (Å²) < 4.78 is 13.2. The lowest BCUT2D eigenvalue weighted by Gasteiger charge is -2.36. The number of likely N-dealkylation sites (tertiary alicyclic amines) is 1. The van der Waals surface area contributed by atoms with E-state index in [0.29, 0.717) is 44.3 Å². The summed E-state index contributed by atoms with van der Waals surface area (Å²) in [6.45, 7) is 5.01. The molecule has 1 saturated heterocycles. The Kier molecular flexibility index (Phi) is 9.19. The molecule has 0 spiro atoms. The zero-order chi connectivity index (χ0) is 24.5. The summed E-state index contributed by atoms with van der Waals surface area (Å²) in [4.78, 5) is 40.4. The SMILES string of the molecule is CC[C@@H](C)NC(=O)[C@@H](NC(=O)c1ccc(F)cc1)C1CCN(C(=O)CCc2ccccc2)CC1. The first-order chi connectivity index (χ1) is 16.4. The van der Waals surface area contributed by atoms with Gasteiger partial charge in [-0.15, -0.1) is 0 Å². The molecule has 34 heavy (non-hydrogen) atoms. The molecule has 7 heteroatoms. The molecule has 1 aliphatic heterocycles. The van der Waals surface area contributed by atoms with Gasteiger partial charge < -0.3 is 15.5 Å². The third-order valence-electron chi connectivity index (χ3n) is 6.51. The average molecular weight is 468 g/mol. The molecule has 0 aliphatic carbocycles. The van der Waals surface area contributed by atoms with Crippen LogP contribution < -0.4 is 10.6 Å². The zero-order valence-corrected chi connectivity index (χ0v) is 19.9. The monoisotopic (exact) mass is 467 g/mol. The number of hydrogen-bond acceptors (Lipinski definition) is 3. The van der Waals surface area contributed by atoms with E-state index in [0.717, 1.165) is 12.0 Å². The number of nitrogens with one attached hydrogen (secondary N) is 2. The van der Waals surface area contributed by atoms with Crippen molar-refractivity contribution >= 4 is 17.7 Å². The molecule has 1 fully saturated rings. The Labute approximate surface area is 200 Å². The number of piperidine rings is 1. The number of benzene rings is 2. The average Bonchev–Trinajstić information content (AvgIpc) is 2.86. The summed E-state index contributed by atoms with van der Waals surface area (Å²) in [5, 5.41) is 5.84. The van der Waals surface area contributed by atoms with E-state index < -0.39 is 17.8 Å². The van der Waals surface area contributed by atoms with Crippen molar-refractivity contribution in [2.45, 2.75) is 58.0 Å².